The van der Waals surface area contributed by atoms with Crippen LogP contribution in [0.5, 0.6) is 0 Å². The van der Waals surface area contributed by atoms with Crippen molar-refractivity contribution < 1.29 is 13.9 Å². The Hall–Kier alpha value is -1.94. The number of halogens is 1. The van der Waals surface area contributed by atoms with E-state index in [2.05, 4.69) is 5.32 Å². The number of esters is 1. The van der Waals surface area contributed by atoms with Gasteiger partial charge < -0.3 is 10.1 Å². The molecular formula is C17H18FNO2. The Bertz CT molecular complexity index is 671. The minimum Gasteiger partial charge on any atom is -0.468 e. The molecule has 1 fully saturated rings. The number of rotatable bonds is 3. The van der Waals surface area contributed by atoms with Crippen LogP contribution in [-0.2, 0) is 16.0 Å². The molecule has 1 aliphatic heterocycles. The molecule has 0 aliphatic carbocycles. The molecule has 0 amide bonds. The number of nitrogens with one attached hydrogen (secondary N) is 1. The topological polar surface area (TPSA) is 38.3 Å². The molecule has 0 aromatic heterocycles. The summed E-state index contributed by atoms with van der Waals surface area (Å²) in [5, 5.41) is 4.80. The third kappa shape index (κ3) is 2.76. The Morgan fingerprint density at radius 3 is 2.81 bits per heavy atom. The standard InChI is InChI=1S/C17H18FNO2/c1-21-17(20)16-9-11(10-19-16)8-12-6-7-15(18)14-5-3-2-4-13(12)14/h2-7,11,16,19H,8-10H2,1H3/t11?,16-/m1/s1. The van der Waals surface area contributed by atoms with Gasteiger partial charge in [0.2, 0.25) is 0 Å². The summed E-state index contributed by atoms with van der Waals surface area (Å²) < 4.78 is 18.6. The van der Waals surface area contributed by atoms with Crippen molar-refractivity contribution in [3.05, 3.63) is 47.8 Å². The second-order valence-electron chi connectivity index (χ2n) is 5.54. The van der Waals surface area contributed by atoms with Gasteiger partial charge in [-0.1, -0.05) is 30.3 Å². The number of hydrogen-bond donors (Lipinski definition) is 1. The highest BCUT2D eigenvalue weighted by Crippen LogP contribution is 2.26. The molecule has 1 heterocycles. The number of carbonyl (C=O) groups is 1. The van der Waals surface area contributed by atoms with E-state index in [9.17, 15) is 9.18 Å². The molecule has 2 aromatic rings. The monoisotopic (exact) mass is 287 g/mol. The molecular weight excluding hydrogens is 269 g/mol. The van der Waals surface area contributed by atoms with Crippen molar-refractivity contribution in [3.8, 4) is 0 Å². The maximum Gasteiger partial charge on any atom is 0.322 e. The van der Waals surface area contributed by atoms with Crippen LogP contribution in [0.4, 0.5) is 4.39 Å². The van der Waals surface area contributed by atoms with Gasteiger partial charge in [-0.05, 0) is 42.3 Å². The first-order valence-electron chi connectivity index (χ1n) is 7.16. The van der Waals surface area contributed by atoms with Crippen molar-refractivity contribution in [2.45, 2.75) is 18.9 Å². The van der Waals surface area contributed by atoms with Gasteiger partial charge >= 0.3 is 5.97 Å². The van der Waals surface area contributed by atoms with Crippen molar-refractivity contribution >= 4 is 16.7 Å². The van der Waals surface area contributed by atoms with Crippen LogP contribution >= 0.6 is 0 Å². The zero-order valence-electron chi connectivity index (χ0n) is 11.9. The minimum atomic E-state index is -0.216. The predicted molar refractivity (Wildman–Crippen MR) is 79.5 cm³/mol. The van der Waals surface area contributed by atoms with E-state index in [0.717, 1.165) is 30.3 Å². The van der Waals surface area contributed by atoms with Crippen LogP contribution < -0.4 is 5.32 Å². The van der Waals surface area contributed by atoms with E-state index < -0.39 is 0 Å². The van der Waals surface area contributed by atoms with Gasteiger partial charge in [0.25, 0.3) is 0 Å². The third-order valence-corrected chi connectivity index (χ3v) is 4.18. The summed E-state index contributed by atoms with van der Waals surface area (Å²) >= 11 is 0. The van der Waals surface area contributed by atoms with E-state index >= 15 is 0 Å². The fourth-order valence-corrected chi connectivity index (χ4v) is 3.10. The normalized spacial score (nSPS) is 21.6. The Balaban J connectivity index is 1.80. The summed E-state index contributed by atoms with van der Waals surface area (Å²) in [4.78, 5) is 11.5. The van der Waals surface area contributed by atoms with E-state index in [1.54, 1.807) is 6.07 Å². The van der Waals surface area contributed by atoms with Crippen LogP contribution in [-0.4, -0.2) is 25.7 Å². The number of benzene rings is 2. The molecule has 0 radical (unpaired) electrons. The van der Waals surface area contributed by atoms with Crippen LogP contribution in [0, 0.1) is 11.7 Å². The largest absolute Gasteiger partial charge is 0.468 e. The van der Waals surface area contributed by atoms with Gasteiger partial charge in [-0.15, -0.1) is 0 Å². The number of carbonyl (C=O) groups excluding carboxylic acids is 1. The first kappa shape index (κ1) is 14.0. The molecule has 2 atom stereocenters. The highest BCUT2D eigenvalue weighted by molar-refractivity contribution is 5.86. The lowest BCUT2D eigenvalue weighted by atomic mass is 9.93. The molecule has 3 rings (SSSR count). The second-order valence-corrected chi connectivity index (χ2v) is 5.54. The van der Waals surface area contributed by atoms with Gasteiger partial charge in [-0.2, -0.15) is 0 Å². The van der Waals surface area contributed by atoms with Gasteiger partial charge in [0, 0.05) is 5.39 Å². The summed E-state index contributed by atoms with van der Waals surface area (Å²) in [6.07, 6.45) is 1.60. The van der Waals surface area contributed by atoms with Crippen molar-refractivity contribution in [3.63, 3.8) is 0 Å². The quantitative estimate of drug-likeness (QED) is 0.882. The van der Waals surface area contributed by atoms with Crippen LogP contribution in [0.3, 0.4) is 0 Å². The molecule has 1 unspecified atom stereocenters. The summed E-state index contributed by atoms with van der Waals surface area (Å²) in [6.45, 7) is 0.783. The smallest absolute Gasteiger partial charge is 0.322 e. The lowest BCUT2D eigenvalue weighted by Crippen LogP contribution is -2.31. The number of methoxy groups -OCH3 is 1. The average molecular weight is 287 g/mol. The van der Waals surface area contributed by atoms with Crippen molar-refractivity contribution in [2.75, 3.05) is 13.7 Å². The van der Waals surface area contributed by atoms with Gasteiger partial charge in [-0.25, -0.2) is 4.39 Å². The minimum absolute atomic E-state index is 0.189. The SMILES string of the molecule is COC(=O)[C@H]1CC(Cc2ccc(F)c3ccccc23)CN1. The van der Waals surface area contributed by atoms with Gasteiger partial charge in [0.05, 0.1) is 7.11 Å². The second kappa shape index (κ2) is 5.82. The zero-order valence-corrected chi connectivity index (χ0v) is 11.9. The van der Waals surface area contributed by atoms with E-state index in [4.69, 9.17) is 4.74 Å². The summed E-state index contributed by atoms with van der Waals surface area (Å²) in [5.74, 6) is -0.0317. The molecule has 21 heavy (non-hydrogen) atoms. The summed E-state index contributed by atoms with van der Waals surface area (Å²) in [5.41, 5.74) is 1.13. The van der Waals surface area contributed by atoms with E-state index in [-0.39, 0.29) is 17.8 Å². The number of fused-ring (bicyclic) bond motifs is 1. The molecule has 0 saturated carbocycles. The van der Waals surface area contributed by atoms with Crippen LogP contribution in [0.25, 0.3) is 10.8 Å². The average Bonchev–Trinajstić information content (AvgIpc) is 2.98. The van der Waals surface area contributed by atoms with Gasteiger partial charge in [-0.3, -0.25) is 4.79 Å². The predicted octanol–water partition coefficient (Wildman–Crippen LogP) is 2.67. The lowest BCUT2D eigenvalue weighted by Gasteiger charge is -2.12. The first-order valence-corrected chi connectivity index (χ1v) is 7.16. The number of hydrogen-bond acceptors (Lipinski definition) is 3. The number of ether oxygens (including phenoxy) is 1. The van der Waals surface area contributed by atoms with E-state index in [1.165, 1.54) is 13.2 Å². The first-order chi connectivity index (χ1) is 10.2. The van der Waals surface area contributed by atoms with Crippen LogP contribution in [0.2, 0.25) is 0 Å². The maximum absolute atomic E-state index is 13.8. The highest BCUT2D eigenvalue weighted by Gasteiger charge is 2.30. The Kier molecular flexibility index (Phi) is 3.88. The molecule has 2 aromatic carbocycles. The van der Waals surface area contributed by atoms with Crippen molar-refractivity contribution in [2.24, 2.45) is 5.92 Å². The molecule has 1 saturated heterocycles. The zero-order chi connectivity index (χ0) is 14.8. The van der Waals surface area contributed by atoms with Crippen molar-refractivity contribution in [1.82, 2.24) is 5.32 Å². The molecule has 3 nitrogen and oxygen atoms in total. The van der Waals surface area contributed by atoms with Crippen molar-refractivity contribution in [1.29, 1.82) is 0 Å². The molecule has 1 aliphatic rings. The molecule has 0 spiro atoms. The fraction of sp³-hybridized carbons (Fsp3) is 0.353. The Morgan fingerprint density at radius 1 is 1.29 bits per heavy atom. The Morgan fingerprint density at radius 2 is 2.05 bits per heavy atom. The molecule has 1 N–H and O–H groups in total. The molecule has 4 heteroatoms. The van der Waals surface area contributed by atoms with Gasteiger partial charge in [0.1, 0.15) is 11.9 Å². The van der Waals surface area contributed by atoms with Gasteiger partial charge in [0.15, 0.2) is 0 Å². The van der Waals surface area contributed by atoms with Crippen LogP contribution in [0.15, 0.2) is 36.4 Å². The van der Waals surface area contributed by atoms with E-state index in [1.807, 2.05) is 24.3 Å². The Labute approximate surface area is 123 Å². The fourth-order valence-electron chi connectivity index (χ4n) is 3.10. The van der Waals surface area contributed by atoms with E-state index in [0.29, 0.717) is 11.3 Å². The molecule has 110 valence electrons. The highest BCUT2D eigenvalue weighted by atomic mass is 19.1. The van der Waals surface area contributed by atoms with Crippen LogP contribution in [0.1, 0.15) is 12.0 Å². The summed E-state index contributed by atoms with van der Waals surface area (Å²) in [6, 6.07) is 10.7. The maximum atomic E-state index is 13.8. The lowest BCUT2D eigenvalue weighted by molar-refractivity contribution is -0.142. The third-order valence-electron chi connectivity index (χ3n) is 4.18. The molecule has 0 bridgehead atoms. The summed E-state index contributed by atoms with van der Waals surface area (Å²) in [7, 11) is 1.41.